The quantitative estimate of drug-likeness (QED) is 0.648. The molecule has 23 heavy (non-hydrogen) atoms. The molecule has 2 rings (SSSR count). The molecule has 4 nitrogen and oxygen atoms in total. The topological polar surface area (TPSA) is 49.3 Å². The Morgan fingerprint density at radius 3 is 2.57 bits per heavy atom. The molecule has 1 aromatic heterocycles. The number of guanidine groups is 1. The number of rotatable bonds is 4. The summed E-state index contributed by atoms with van der Waals surface area (Å²) < 4.78 is 38.0. The van der Waals surface area contributed by atoms with E-state index in [1.54, 1.807) is 18.4 Å². The Bertz CT molecular complexity index is 519. The highest BCUT2D eigenvalue weighted by Gasteiger charge is 2.41. The van der Waals surface area contributed by atoms with Gasteiger partial charge in [0.15, 0.2) is 5.96 Å². The normalized spacial score (nSPS) is 22.9. The molecule has 1 fully saturated rings. The molecule has 0 saturated heterocycles. The van der Waals surface area contributed by atoms with Crippen molar-refractivity contribution in [3.05, 3.63) is 16.1 Å². The number of halogens is 3. The van der Waals surface area contributed by atoms with Gasteiger partial charge in [-0.1, -0.05) is 0 Å². The lowest BCUT2D eigenvalue weighted by molar-refractivity contribution is -0.182. The lowest BCUT2D eigenvalue weighted by Gasteiger charge is -2.31. The first-order chi connectivity index (χ1) is 10.9. The molecule has 0 spiro atoms. The number of nitrogens with zero attached hydrogens (tertiary/aromatic N) is 2. The van der Waals surface area contributed by atoms with Crippen LogP contribution in [-0.4, -0.2) is 36.8 Å². The molecule has 2 N–H and O–H groups in total. The van der Waals surface area contributed by atoms with Crippen molar-refractivity contribution in [1.29, 1.82) is 0 Å². The zero-order chi connectivity index (χ0) is 16.9. The van der Waals surface area contributed by atoms with Crippen molar-refractivity contribution < 1.29 is 13.2 Å². The van der Waals surface area contributed by atoms with Crippen molar-refractivity contribution in [2.45, 2.75) is 51.2 Å². The summed E-state index contributed by atoms with van der Waals surface area (Å²) in [5, 5.41) is 7.49. The molecule has 0 bridgehead atoms. The number of aromatic nitrogens is 1. The summed E-state index contributed by atoms with van der Waals surface area (Å²) in [5.74, 6) is -0.502. The van der Waals surface area contributed by atoms with Gasteiger partial charge in [-0.2, -0.15) is 13.2 Å². The van der Waals surface area contributed by atoms with Crippen LogP contribution in [0.25, 0.3) is 0 Å². The Kier molecular flexibility index (Phi) is 6.26. The van der Waals surface area contributed by atoms with Crippen LogP contribution in [0.15, 0.2) is 11.2 Å². The fourth-order valence-electron chi connectivity index (χ4n) is 2.76. The van der Waals surface area contributed by atoms with Crippen LogP contribution in [0.3, 0.4) is 0 Å². The molecule has 0 amide bonds. The summed E-state index contributed by atoms with van der Waals surface area (Å²) in [6.07, 6.45) is 0.0309. The number of thiazole rings is 1. The number of hydrogen-bond donors (Lipinski definition) is 2. The maximum atomic E-state index is 12.7. The molecular weight excluding hydrogens is 325 g/mol. The molecule has 1 aromatic rings. The largest absolute Gasteiger partial charge is 0.391 e. The SMILES string of the molecule is CN=C(NCCc1ncc(C)s1)NC1CCC(C(F)(F)F)CC1. The van der Waals surface area contributed by atoms with E-state index in [2.05, 4.69) is 20.6 Å². The maximum Gasteiger partial charge on any atom is 0.391 e. The molecule has 1 aliphatic rings. The van der Waals surface area contributed by atoms with Gasteiger partial charge >= 0.3 is 6.18 Å². The number of hydrogen-bond acceptors (Lipinski definition) is 3. The van der Waals surface area contributed by atoms with E-state index in [0.29, 0.717) is 25.3 Å². The summed E-state index contributed by atoms with van der Waals surface area (Å²) in [6.45, 7) is 2.72. The van der Waals surface area contributed by atoms with E-state index in [-0.39, 0.29) is 18.9 Å². The molecule has 8 heteroatoms. The van der Waals surface area contributed by atoms with Gasteiger partial charge in [-0.15, -0.1) is 11.3 Å². The van der Waals surface area contributed by atoms with Gasteiger partial charge in [0, 0.05) is 37.1 Å². The van der Waals surface area contributed by atoms with Gasteiger partial charge in [-0.05, 0) is 32.6 Å². The monoisotopic (exact) mass is 348 g/mol. The summed E-state index contributed by atoms with van der Waals surface area (Å²) >= 11 is 1.67. The van der Waals surface area contributed by atoms with Crippen molar-refractivity contribution >= 4 is 17.3 Å². The predicted octanol–water partition coefficient (Wildman–Crippen LogP) is 3.28. The van der Waals surface area contributed by atoms with Gasteiger partial charge < -0.3 is 10.6 Å². The predicted molar refractivity (Wildman–Crippen MR) is 86.9 cm³/mol. The van der Waals surface area contributed by atoms with Crippen LogP contribution in [-0.2, 0) is 6.42 Å². The molecule has 1 heterocycles. The molecule has 0 aliphatic heterocycles. The van der Waals surface area contributed by atoms with Crippen LogP contribution in [0.4, 0.5) is 13.2 Å². The van der Waals surface area contributed by atoms with Crippen molar-refractivity contribution in [3.63, 3.8) is 0 Å². The van der Waals surface area contributed by atoms with Crippen LogP contribution in [0.2, 0.25) is 0 Å². The maximum absolute atomic E-state index is 12.7. The lowest BCUT2D eigenvalue weighted by atomic mass is 9.85. The van der Waals surface area contributed by atoms with Crippen molar-refractivity contribution in [3.8, 4) is 0 Å². The second-order valence-electron chi connectivity index (χ2n) is 5.85. The molecule has 0 radical (unpaired) electrons. The first kappa shape index (κ1) is 18.0. The standard InChI is InChI=1S/C15H23F3N4S/c1-10-9-21-13(23-10)7-8-20-14(19-2)22-12-5-3-11(4-6-12)15(16,17)18/h9,11-12H,3-8H2,1-2H3,(H2,19,20,22). The van der Waals surface area contributed by atoms with E-state index in [9.17, 15) is 13.2 Å². The molecule has 130 valence electrons. The third kappa shape index (κ3) is 5.67. The summed E-state index contributed by atoms with van der Waals surface area (Å²) in [6, 6.07) is 0.0573. The van der Waals surface area contributed by atoms with Crippen molar-refractivity contribution in [2.24, 2.45) is 10.9 Å². The lowest BCUT2D eigenvalue weighted by Crippen LogP contribution is -2.46. The van der Waals surface area contributed by atoms with Gasteiger partial charge in [-0.25, -0.2) is 4.98 Å². The molecular formula is C15H23F3N4S. The molecule has 0 aromatic carbocycles. The first-order valence-corrected chi connectivity index (χ1v) is 8.65. The van der Waals surface area contributed by atoms with Gasteiger partial charge in [0.05, 0.1) is 10.9 Å². The van der Waals surface area contributed by atoms with Crippen LogP contribution >= 0.6 is 11.3 Å². The van der Waals surface area contributed by atoms with Crippen LogP contribution < -0.4 is 10.6 Å². The Balaban J connectivity index is 1.71. The fourth-order valence-corrected chi connectivity index (χ4v) is 3.54. The highest BCUT2D eigenvalue weighted by Crippen LogP contribution is 2.37. The Morgan fingerprint density at radius 1 is 1.35 bits per heavy atom. The summed E-state index contributed by atoms with van der Waals surface area (Å²) in [5.41, 5.74) is 0. The number of aryl methyl sites for hydroxylation is 1. The van der Waals surface area contributed by atoms with Crippen LogP contribution in [0, 0.1) is 12.8 Å². The average molecular weight is 348 g/mol. The van der Waals surface area contributed by atoms with E-state index in [1.807, 2.05) is 13.1 Å². The Morgan fingerprint density at radius 2 is 2.04 bits per heavy atom. The molecule has 1 saturated carbocycles. The van der Waals surface area contributed by atoms with Crippen molar-refractivity contribution in [2.75, 3.05) is 13.6 Å². The highest BCUT2D eigenvalue weighted by molar-refractivity contribution is 7.11. The van der Waals surface area contributed by atoms with Crippen molar-refractivity contribution in [1.82, 2.24) is 15.6 Å². The molecule has 0 atom stereocenters. The van der Waals surface area contributed by atoms with E-state index < -0.39 is 12.1 Å². The fraction of sp³-hybridized carbons (Fsp3) is 0.733. The molecule has 0 unspecified atom stereocenters. The Labute approximate surface area is 138 Å². The zero-order valence-corrected chi connectivity index (χ0v) is 14.2. The summed E-state index contributed by atoms with van der Waals surface area (Å²) in [7, 11) is 1.67. The van der Waals surface area contributed by atoms with Gasteiger partial charge in [0.1, 0.15) is 0 Å². The third-order valence-corrected chi connectivity index (χ3v) is 5.03. The minimum Gasteiger partial charge on any atom is -0.356 e. The van der Waals surface area contributed by atoms with Crippen LogP contribution in [0.5, 0.6) is 0 Å². The van der Waals surface area contributed by atoms with Gasteiger partial charge in [0.2, 0.25) is 0 Å². The number of aliphatic imine (C=N–C) groups is 1. The van der Waals surface area contributed by atoms with E-state index >= 15 is 0 Å². The molecule has 1 aliphatic carbocycles. The zero-order valence-electron chi connectivity index (χ0n) is 13.4. The van der Waals surface area contributed by atoms with Gasteiger partial charge in [-0.3, -0.25) is 4.99 Å². The minimum atomic E-state index is -4.06. The Hall–Kier alpha value is -1.31. The second-order valence-corrected chi connectivity index (χ2v) is 7.17. The van der Waals surface area contributed by atoms with E-state index in [0.717, 1.165) is 11.4 Å². The smallest absolute Gasteiger partial charge is 0.356 e. The van der Waals surface area contributed by atoms with Crippen LogP contribution in [0.1, 0.15) is 35.6 Å². The number of nitrogens with one attached hydrogen (secondary N) is 2. The summed E-state index contributed by atoms with van der Waals surface area (Å²) in [4.78, 5) is 9.62. The highest BCUT2D eigenvalue weighted by atomic mass is 32.1. The second kappa shape index (κ2) is 7.99. The number of alkyl halides is 3. The first-order valence-electron chi connectivity index (χ1n) is 7.83. The van der Waals surface area contributed by atoms with Gasteiger partial charge in [0.25, 0.3) is 0 Å². The van der Waals surface area contributed by atoms with E-state index in [4.69, 9.17) is 0 Å². The third-order valence-electron chi connectivity index (χ3n) is 4.05. The van der Waals surface area contributed by atoms with E-state index in [1.165, 1.54) is 4.88 Å². The average Bonchev–Trinajstić information content (AvgIpc) is 2.91. The minimum absolute atomic E-state index is 0.0573.